The van der Waals surface area contributed by atoms with Gasteiger partial charge in [-0.15, -0.1) is 0 Å². The van der Waals surface area contributed by atoms with E-state index in [-0.39, 0.29) is 18.3 Å². The van der Waals surface area contributed by atoms with E-state index in [1.807, 2.05) is 30.4 Å². The van der Waals surface area contributed by atoms with Crippen molar-refractivity contribution in [2.75, 3.05) is 0 Å². The average molecular weight is 391 g/mol. The molecule has 1 aliphatic rings. The summed E-state index contributed by atoms with van der Waals surface area (Å²) in [6.07, 6.45) is 7.91. The summed E-state index contributed by atoms with van der Waals surface area (Å²) >= 11 is 0. The molecule has 1 aliphatic carbocycles. The number of hydrogen-bond acceptors (Lipinski definition) is 4. The number of carbonyl (C=O) groups is 1. The molecule has 0 aliphatic heterocycles. The van der Waals surface area contributed by atoms with Gasteiger partial charge >= 0.3 is 5.97 Å². The predicted molar refractivity (Wildman–Crippen MR) is 109 cm³/mol. The molecule has 156 valence electrons. The van der Waals surface area contributed by atoms with Crippen LogP contribution in [0.2, 0.25) is 0 Å². The minimum Gasteiger partial charge on any atom is -0.481 e. The molecule has 0 amide bonds. The Bertz CT molecular complexity index is 600. The molecule has 0 aromatic heterocycles. The molecule has 0 saturated heterocycles. The molecule has 0 radical (unpaired) electrons. The number of aliphatic hydroxyl groups excluding tert-OH is 3. The highest BCUT2D eigenvalue weighted by Gasteiger charge is 2.40. The van der Waals surface area contributed by atoms with Crippen molar-refractivity contribution in [3.63, 3.8) is 0 Å². The maximum Gasteiger partial charge on any atom is 0.303 e. The third kappa shape index (κ3) is 7.74. The zero-order valence-corrected chi connectivity index (χ0v) is 16.5. The van der Waals surface area contributed by atoms with Crippen molar-refractivity contribution in [3.8, 4) is 0 Å². The van der Waals surface area contributed by atoms with Crippen molar-refractivity contribution in [2.45, 2.75) is 76.1 Å². The van der Waals surface area contributed by atoms with Crippen LogP contribution in [0.1, 0.15) is 56.9 Å². The first-order chi connectivity index (χ1) is 13.5. The molecule has 5 atom stereocenters. The lowest BCUT2D eigenvalue weighted by Gasteiger charge is -2.23. The van der Waals surface area contributed by atoms with Gasteiger partial charge in [0, 0.05) is 6.42 Å². The molecule has 1 aromatic rings. The fourth-order valence-corrected chi connectivity index (χ4v) is 4.16. The predicted octanol–water partition coefficient (Wildman–Crippen LogP) is 3.32. The summed E-state index contributed by atoms with van der Waals surface area (Å²) in [4.78, 5) is 10.5. The normalized spacial score (nSPS) is 26.0. The van der Waals surface area contributed by atoms with Crippen molar-refractivity contribution in [2.24, 2.45) is 11.8 Å². The second-order valence-electron chi connectivity index (χ2n) is 7.95. The van der Waals surface area contributed by atoms with Crippen LogP contribution < -0.4 is 0 Å². The Morgan fingerprint density at radius 3 is 2.50 bits per heavy atom. The van der Waals surface area contributed by atoms with Gasteiger partial charge in [-0.25, -0.2) is 0 Å². The quantitative estimate of drug-likeness (QED) is 0.324. The van der Waals surface area contributed by atoms with Gasteiger partial charge in [-0.2, -0.15) is 0 Å². The minimum absolute atomic E-state index is 0.00736. The number of unbranched alkanes of at least 4 members (excludes halogenated alkanes) is 1. The Balaban J connectivity index is 1.74. The molecule has 1 fully saturated rings. The average Bonchev–Trinajstić information content (AvgIpc) is 2.94. The number of aryl methyl sites for hydroxylation is 1. The molecule has 0 bridgehead atoms. The Hall–Kier alpha value is -1.69. The summed E-state index contributed by atoms with van der Waals surface area (Å²) in [5.74, 6) is -0.800. The standard InChI is InChI=1S/C23H34O5/c24-18(13-12-17-8-4-3-5-9-17)14-15-20-19(21(25)16-22(20)26)10-6-1-2-7-11-23(27)28/h1,3-6,8-9,18-22,24-26H,2,7,10-16H2,(H,27,28)/b6-1+/t18-,19-,20-,21+,22+/m1/s1. The Morgan fingerprint density at radius 1 is 1.07 bits per heavy atom. The summed E-state index contributed by atoms with van der Waals surface area (Å²) < 4.78 is 0. The van der Waals surface area contributed by atoms with Gasteiger partial charge in [0.2, 0.25) is 0 Å². The van der Waals surface area contributed by atoms with Crippen LogP contribution in [0.3, 0.4) is 0 Å². The lowest BCUT2D eigenvalue weighted by molar-refractivity contribution is -0.137. The number of aliphatic carboxylic acids is 1. The smallest absolute Gasteiger partial charge is 0.303 e. The third-order valence-corrected chi connectivity index (χ3v) is 5.80. The van der Waals surface area contributed by atoms with E-state index in [4.69, 9.17) is 5.11 Å². The highest BCUT2D eigenvalue weighted by atomic mass is 16.4. The topological polar surface area (TPSA) is 98.0 Å². The van der Waals surface area contributed by atoms with Crippen molar-refractivity contribution < 1.29 is 25.2 Å². The largest absolute Gasteiger partial charge is 0.481 e. The molecular weight excluding hydrogens is 356 g/mol. The first-order valence-electron chi connectivity index (χ1n) is 10.4. The Kier molecular flexibility index (Phi) is 9.68. The molecular formula is C23H34O5. The van der Waals surface area contributed by atoms with Gasteiger partial charge in [0.15, 0.2) is 0 Å². The fourth-order valence-electron chi connectivity index (χ4n) is 4.16. The molecule has 5 heteroatoms. The molecule has 5 nitrogen and oxygen atoms in total. The van der Waals surface area contributed by atoms with Crippen LogP contribution in [-0.2, 0) is 11.2 Å². The van der Waals surface area contributed by atoms with Crippen LogP contribution in [-0.4, -0.2) is 44.7 Å². The number of allylic oxidation sites excluding steroid dienone is 2. The van der Waals surface area contributed by atoms with Crippen molar-refractivity contribution >= 4 is 5.97 Å². The van der Waals surface area contributed by atoms with Crippen LogP contribution in [0.5, 0.6) is 0 Å². The van der Waals surface area contributed by atoms with E-state index in [1.165, 1.54) is 5.56 Å². The summed E-state index contributed by atoms with van der Waals surface area (Å²) in [6.45, 7) is 0. The SMILES string of the molecule is O=C(O)CCC/C=C/C[C@@H]1[C@@H](CC[C@H](O)CCc2ccccc2)[C@@H](O)C[C@@H]1O. The highest BCUT2D eigenvalue weighted by molar-refractivity contribution is 5.66. The lowest BCUT2D eigenvalue weighted by Crippen LogP contribution is -2.23. The molecule has 28 heavy (non-hydrogen) atoms. The van der Waals surface area contributed by atoms with E-state index in [2.05, 4.69) is 12.1 Å². The fraction of sp³-hybridized carbons (Fsp3) is 0.609. The molecule has 4 N–H and O–H groups in total. The number of carboxylic acid groups (broad SMARTS) is 1. The van der Waals surface area contributed by atoms with Crippen molar-refractivity contribution in [3.05, 3.63) is 48.0 Å². The third-order valence-electron chi connectivity index (χ3n) is 5.80. The van der Waals surface area contributed by atoms with Crippen molar-refractivity contribution in [1.29, 1.82) is 0 Å². The second-order valence-corrected chi connectivity index (χ2v) is 7.95. The Labute approximate surface area is 167 Å². The number of hydrogen-bond donors (Lipinski definition) is 4. The number of carboxylic acids is 1. The summed E-state index contributed by atoms with van der Waals surface area (Å²) in [5, 5.41) is 39.6. The highest BCUT2D eigenvalue weighted by Crippen LogP contribution is 2.38. The van der Waals surface area contributed by atoms with E-state index in [0.717, 1.165) is 6.42 Å². The van der Waals surface area contributed by atoms with Gasteiger partial charge in [0.05, 0.1) is 18.3 Å². The lowest BCUT2D eigenvalue weighted by atomic mass is 9.85. The van der Waals surface area contributed by atoms with Gasteiger partial charge in [0.1, 0.15) is 0 Å². The maximum atomic E-state index is 10.5. The van der Waals surface area contributed by atoms with Gasteiger partial charge in [-0.05, 0) is 68.8 Å². The van der Waals surface area contributed by atoms with Crippen LogP contribution >= 0.6 is 0 Å². The summed E-state index contributed by atoms with van der Waals surface area (Å²) in [5.41, 5.74) is 1.21. The zero-order chi connectivity index (χ0) is 20.4. The monoisotopic (exact) mass is 390 g/mol. The Morgan fingerprint density at radius 2 is 1.79 bits per heavy atom. The van der Waals surface area contributed by atoms with Crippen LogP contribution in [0.15, 0.2) is 42.5 Å². The van der Waals surface area contributed by atoms with Crippen LogP contribution in [0.4, 0.5) is 0 Å². The zero-order valence-electron chi connectivity index (χ0n) is 16.5. The first kappa shape index (κ1) is 22.6. The van der Waals surface area contributed by atoms with E-state index in [0.29, 0.717) is 44.9 Å². The van der Waals surface area contributed by atoms with E-state index in [9.17, 15) is 20.1 Å². The summed E-state index contributed by atoms with van der Waals surface area (Å²) in [6, 6.07) is 10.1. The van der Waals surface area contributed by atoms with Gasteiger partial charge in [-0.3, -0.25) is 4.79 Å². The van der Waals surface area contributed by atoms with Crippen LogP contribution in [0, 0.1) is 11.8 Å². The molecule has 1 aromatic carbocycles. The van der Waals surface area contributed by atoms with Crippen molar-refractivity contribution in [1.82, 2.24) is 0 Å². The molecule has 1 saturated carbocycles. The minimum atomic E-state index is -0.784. The first-order valence-corrected chi connectivity index (χ1v) is 10.4. The molecule has 0 unspecified atom stereocenters. The molecule has 0 heterocycles. The van der Waals surface area contributed by atoms with E-state index in [1.54, 1.807) is 0 Å². The number of rotatable bonds is 12. The number of aliphatic hydroxyl groups is 3. The molecule has 2 rings (SSSR count). The second kappa shape index (κ2) is 12.0. The van der Waals surface area contributed by atoms with Gasteiger partial charge < -0.3 is 20.4 Å². The van der Waals surface area contributed by atoms with Gasteiger partial charge in [-0.1, -0.05) is 42.5 Å². The van der Waals surface area contributed by atoms with E-state index >= 15 is 0 Å². The summed E-state index contributed by atoms with van der Waals surface area (Å²) in [7, 11) is 0. The van der Waals surface area contributed by atoms with E-state index < -0.39 is 24.3 Å². The van der Waals surface area contributed by atoms with Crippen LogP contribution in [0.25, 0.3) is 0 Å². The number of benzene rings is 1. The van der Waals surface area contributed by atoms with Gasteiger partial charge in [0.25, 0.3) is 0 Å². The molecule has 0 spiro atoms. The maximum absolute atomic E-state index is 10.5.